The van der Waals surface area contributed by atoms with Crippen molar-refractivity contribution in [2.24, 2.45) is 0 Å². The van der Waals surface area contributed by atoms with Crippen LogP contribution in [0.3, 0.4) is 0 Å². The number of hydrogen-bond donors (Lipinski definition) is 1. The average Bonchev–Trinajstić information content (AvgIpc) is 2.88. The molecule has 0 saturated heterocycles. The van der Waals surface area contributed by atoms with Crippen LogP contribution in [0.2, 0.25) is 0 Å². The van der Waals surface area contributed by atoms with Crippen LogP contribution in [0.4, 0.5) is 0 Å². The number of aromatic nitrogens is 3. The molecule has 1 unspecified atom stereocenters. The molecular formula is C15H22N4. The van der Waals surface area contributed by atoms with E-state index in [0.717, 1.165) is 36.6 Å². The van der Waals surface area contributed by atoms with Crippen LogP contribution in [0, 0.1) is 0 Å². The minimum Gasteiger partial charge on any atom is -0.309 e. The lowest BCUT2D eigenvalue weighted by Gasteiger charge is -2.13. The Hall–Kier alpha value is -1.68. The molecule has 2 heterocycles. The summed E-state index contributed by atoms with van der Waals surface area (Å²) in [6, 6.07) is 4.48. The highest BCUT2D eigenvalue weighted by atomic mass is 15.1. The standard InChI is InChI=1S/C15H22N4/c1-4-6-15-17-9-10-19(15)13-7-8-14(18-11-13)12(3)16-5-2/h7-12,16H,4-6H2,1-3H3. The van der Waals surface area contributed by atoms with Gasteiger partial charge in [0, 0.05) is 24.9 Å². The van der Waals surface area contributed by atoms with Crippen molar-refractivity contribution < 1.29 is 0 Å². The third-order valence-electron chi connectivity index (χ3n) is 3.19. The average molecular weight is 258 g/mol. The second-order valence-corrected chi connectivity index (χ2v) is 4.68. The Morgan fingerprint density at radius 2 is 2.11 bits per heavy atom. The molecule has 0 aromatic carbocycles. The SMILES string of the molecule is CCCc1nccn1-c1ccc(C(C)NCC)nc1. The Bertz CT molecular complexity index is 501. The van der Waals surface area contributed by atoms with Gasteiger partial charge in [-0.05, 0) is 32.0 Å². The second-order valence-electron chi connectivity index (χ2n) is 4.68. The Labute approximate surface area is 114 Å². The summed E-state index contributed by atoms with van der Waals surface area (Å²) >= 11 is 0. The van der Waals surface area contributed by atoms with Crippen LogP contribution < -0.4 is 5.32 Å². The van der Waals surface area contributed by atoms with E-state index in [9.17, 15) is 0 Å². The quantitative estimate of drug-likeness (QED) is 0.866. The maximum atomic E-state index is 4.54. The van der Waals surface area contributed by atoms with Crippen molar-refractivity contribution in [2.45, 2.75) is 39.7 Å². The van der Waals surface area contributed by atoms with E-state index in [0.29, 0.717) is 0 Å². The number of nitrogens with zero attached hydrogens (tertiary/aromatic N) is 3. The molecular weight excluding hydrogens is 236 g/mol. The van der Waals surface area contributed by atoms with Crippen molar-refractivity contribution in [2.75, 3.05) is 6.54 Å². The van der Waals surface area contributed by atoms with Gasteiger partial charge in [-0.15, -0.1) is 0 Å². The van der Waals surface area contributed by atoms with Gasteiger partial charge in [0.05, 0.1) is 17.6 Å². The predicted octanol–water partition coefficient (Wildman–Crippen LogP) is 2.89. The first-order chi connectivity index (χ1) is 9.26. The van der Waals surface area contributed by atoms with E-state index in [4.69, 9.17) is 0 Å². The van der Waals surface area contributed by atoms with Crippen LogP contribution in [-0.2, 0) is 6.42 Å². The van der Waals surface area contributed by atoms with E-state index in [2.05, 4.69) is 52.8 Å². The van der Waals surface area contributed by atoms with Crippen LogP contribution in [0.1, 0.15) is 44.8 Å². The first-order valence-electron chi connectivity index (χ1n) is 6.98. The minimum absolute atomic E-state index is 0.289. The molecule has 19 heavy (non-hydrogen) atoms. The fourth-order valence-electron chi connectivity index (χ4n) is 2.18. The van der Waals surface area contributed by atoms with E-state index in [1.165, 1.54) is 0 Å². The predicted molar refractivity (Wildman–Crippen MR) is 77.4 cm³/mol. The largest absolute Gasteiger partial charge is 0.309 e. The third kappa shape index (κ3) is 3.20. The highest BCUT2D eigenvalue weighted by Crippen LogP contribution is 2.14. The van der Waals surface area contributed by atoms with Crippen molar-refractivity contribution in [3.63, 3.8) is 0 Å². The zero-order valence-corrected chi connectivity index (χ0v) is 11.9. The topological polar surface area (TPSA) is 42.7 Å². The number of nitrogens with one attached hydrogen (secondary N) is 1. The summed E-state index contributed by atoms with van der Waals surface area (Å²) in [5.41, 5.74) is 2.15. The lowest BCUT2D eigenvalue weighted by atomic mass is 10.2. The van der Waals surface area contributed by atoms with Gasteiger partial charge in [-0.3, -0.25) is 4.98 Å². The smallest absolute Gasteiger partial charge is 0.113 e. The Kier molecular flexibility index (Phi) is 4.68. The van der Waals surface area contributed by atoms with Crippen molar-refractivity contribution >= 4 is 0 Å². The summed E-state index contributed by atoms with van der Waals surface area (Å²) in [4.78, 5) is 8.94. The van der Waals surface area contributed by atoms with Gasteiger partial charge in [0.25, 0.3) is 0 Å². The van der Waals surface area contributed by atoms with Gasteiger partial charge in [0.2, 0.25) is 0 Å². The van der Waals surface area contributed by atoms with E-state index in [1.807, 2.05) is 18.6 Å². The summed E-state index contributed by atoms with van der Waals surface area (Å²) in [6.07, 6.45) is 7.85. The molecule has 2 rings (SSSR count). The highest BCUT2D eigenvalue weighted by Gasteiger charge is 2.07. The molecule has 4 heteroatoms. The monoisotopic (exact) mass is 258 g/mol. The molecule has 0 saturated carbocycles. The summed E-state index contributed by atoms with van der Waals surface area (Å²) in [6.45, 7) is 7.35. The maximum absolute atomic E-state index is 4.54. The van der Waals surface area contributed by atoms with Crippen LogP contribution in [0.5, 0.6) is 0 Å². The molecule has 102 valence electrons. The number of aryl methyl sites for hydroxylation is 1. The van der Waals surface area contributed by atoms with Gasteiger partial charge in [-0.2, -0.15) is 0 Å². The fraction of sp³-hybridized carbons (Fsp3) is 0.467. The molecule has 0 aliphatic heterocycles. The maximum Gasteiger partial charge on any atom is 0.113 e. The van der Waals surface area contributed by atoms with Crippen molar-refractivity contribution in [1.82, 2.24) is 19.9 Å². The Balaban J connectivity index is 2.20. The van der Waals surface area contributed by atoms with E-state index >= 15 is 0 Å². The van der Waals surface area contributed by atoms with Crippen molar-refractivity contribution in [3.05, 3.63) is 42.2 Å². The normalized spacial score (nSPS) is 12.6. The molecule has 0 aliphatic rings. The van der Waals surface area contributed by atoms with Gasteiger partial charge in [0.15, 0.2) is 0 Å². The van der Waals surface area contributed by atoms with E-state index in [-0.39, 0.29) is 6.04 Å². The van der Waals surface area contributed by atoms with E-state index < -0.39 is 0 Å². The number of pyridine rings is 1. The molecule has 2 aromatic heterocycles. The second kappa shape index (κ2) is 6.48. The van der Waals surface area contributed by atoms with Gasteiger partial charge >= 0.3 is 0 Å². The Morgan fingerprint density at radius 3 is 2.74 bits per heavy atom. The summed E-state index contributed by atoms with van der Waals surface area (Å²) < 4.78 is 2.11. The van der Waals surface area contributed by atoms with Gasteiger partial charge in [-0.25, -0.2) is 4.98 Å². The number of rotatable bonds is 6. The summed E-state index contributed by atoms with van der Waals surface area (Å²) in [5, 5.41) is 3.37. The molecule has 0 fully saturated rings. The van der Waals surface area contributed by atoms with Crippen LogP contribution in [-0.4, -0.2) is 21.1 Å². The van der Waals surface area contributed by atoms with Crippen molar-refractivity contribution in [3.8, 4) is 5.69 Å². The lowest BCUT2D eigenvalue weighted by Crippen LogP contribution is -2.18. The van der Waals surface area contributed by atoms with Gasteiger partial charge in [0.1, 0.15) is 5.82 Å². The molecule has 0 bridgehead atoms. The lowest BCUT2D eigenvalue weighted by molar-refractivity contribution is 0.583. The molecule has 4 nitrogen and oxygen atoms in total. The van der Waals surface area contributed by atoms with Crippen molar-refractivity contribution in [1.29, 1.82) is 0 Å². The fourth-order valence-corrected chi connectivity index (χ4v) is 2.18. The zero-order chi connectivity index (χ0) is 13.7. The minimum atomic E-state index is 0.289. The molecule has 0 spiro atoms. The van der Waals surface area contributed by atoms with Crippen LogP contribution in [0.25, 0.3) is 5.69 Å². The molecule has 0 aliphatic carbocycles. The zero-order valence-electron chi connectivity index (χ0n) is 11.9. The summed E-state index contributed by atoms with van der Waals surface area (Å²) in [7, 11) is 0. The van der Waals surface area contributed by atoms with Crippen LogP contribution in [0.15, 0.2) is 30.7 Å². The van der Waals surface area contributed by atoms with Gasteiger partial charge < -0.3 is 9.88 Å². The van der Waals surface area contributed by atoms with Gasteiger partial charge in [-0.1, -0.05) is 13.8 Å². The Morgan fingerprint density at radius 1 is 1.26 bits per heavy atom. The highest BCUT2D eigenvalue weighted by molar-refractivity contribution is 5.32. The molecule has 1 atom stereocenters. The molecule has 0 amide bonds. The first kappa shape index (κ1) is 13.7. The molecule has 1 N–H and O–H groups in total. The number of hydrogen-bond acceptors (Lipinski definition) is 3. The van der Waals surface area contributed by atoms with E-state index in [1.54, 1.807) is 0 Å². The third-order valence-corrected chi connectivity index (χ3v) is 3.19. The summed E-state index contributed by atoms with van der Waals surface area (Å²) in [5.74, 6) is 1.09. The van der Waals surface area contributed by atoms with Crippen LogP contribution >= 0.6 is 0 Å². The number of imidazole rings is 1. The molecule has 2 aromatic rings. The molecule has 0 radical (unpaired) electrons. The first-order valence-corrected chi connectivity index (χ1v) is 6.98.